The minimum absolute atomic E-state index is 0.0204. The van der Waals surface area contributed by atoms with Crippen molar-refractivity contribution in [1.82, 2.24) is 5.32 Å². The van der Waals surface area contributed by atoms with Crippen molar-refractivity contribution in [2.45, 2.75) is 19.9 Å². The second-order valence-corrected chi connectivity index (χ2v) is 5.46. The van der Waals surface area contributed by atoms with Gasteiger partial charge in [-0.3, -0.25) is 4.79 Å². The van der Waals surface area contributed by atoms with Gasteiger partial charge < -0.3 is 5.32 Å². The Kier molecular flexibility index (Phi) is 5.18. The Morgan fingerprint density at radius 3 is 2.33 bits per heavy atom. The summed E-state index contributed by atoms with van der Waals surface area (Å²) in [6.45, 7) is 4.01. The Labute approximate surface area is 130 Å². The number of nitrogens with one attached hydrogen (secondary N) is 1. The number of halogens is 1. The van der Waals surface area contributed by atoms with Crippen LogP contribution in [0.25, 0.3) is 6.08 Å². The number of hydrogen-bond donors (Lipinski definition) is 1. The zero-order chi connectivity index (χ0) is 15.2. The number of hydrogen-bond acceptors (Lipinski definition) is 1. The molecule has 0 fully saturated rings. The Hall–Kier alpha value is -2.06. The van der Waals surface area contributed by atoms with E-state index >= 15 is 0 Å². The van der Waals surface area contributed by atoms with Crippen LogP contribution in [0.5, 0.6) is 0 Å². The number of amides is 1. The molecule has 2 aromatic carbocycles. The second kappa shape index (κ2) is 7.09. The summed E-state index contributed by atoms with van der Waals surface area (Å²) in [6.07, 6.45) is 3.31. The highest BCUT2D eigenvalue weighted by atomic mass is 35.5. The third kappa shape index (κ3) is 4.76. The highest BCUT2D eigenvalue weighted by molar-refractivity contribution is 6.30. The lowest BCUT2D eigenvalue weighted by Crippen LogP contribution is -2.24. The molecule has 2 rings (SSSR count). The average Bonchev–Trinajstić information content (AvgIpc) is 2.47. The standard InChI is InChI=1S/C18H18ClNO/c1-13-3-8-16(9-4-13)14(2)20-18(21)12-7-15-5-10-17(19)11-6-15/h3-12,14H,1-2H3,(H,20,21)/b12-7+. The van der Waals surface area contributed by atoms with Gasteiger partial charge in [0, 0.05) is 11.1 Å². The first-order chi connectivity index (χ1) is 10.0. The van der Waals surface area contributed by atoms with Crippen LogP contribution in [0, 0.1) is 6.92 Å². The lowest BCUT2D eigenvalue weighted by atomic mass is 10.1. The van der Waals surface area contributed by atoms with E-state index in [4.69, 9.17) is 11.6 Å². The van der Waals surface area contributed by atoms with Gasteiger partial charge in [-0.1, -0.05) is 53.6 Å². The van der Waals surface area contributed by atoms with Crippen molar-refractivity contribution < 1.29 is 4.79 Å². The molecule has 0 bridgehead atoms. The molecular weight excluding hydrogens is 282 g/mol. The summed E-state index contributed by atoms with van der Waals surface area (Å²) in [7, 11) is 0. The van der Waals surface area contributed by atoms with E-state index in [2.05, 4.69) is 5.32 Å². The van der Waals surface area contributed by atoms with Crippen molar-refractivity contribution in [2.75, 3.05) is 0 Å². The van der Waals surface area contributed by atoms with Crippen molar-refractivity contribution in [3.05, 3.63) is 76.3 Å². The van der Waals surface area contributed by atoms with Gasteiger partial charge in [-0.15, -0.1) is 0 Å². The number of rotatable bonds is 4. The van der Waals surface area contributed by atoms with Crippen LogP contribution in [0.4, 0.5) is 0 Å². The molecule has 1 amide bonds. The Morgan fingerprint density at radius 2 is 1.71 bits per heavy atom. The van der Waals surface area contributed by atoms with Crippen molar-refractivity contribution in [3.8, 4) is 0 Å². The van der Waals surface area contributed by atoms with E-state index < -0.39 is 0 Å². The number of carbonyl (C=O) groups excluding carboxylic acids is 1. The highest BCUT2D eigenvalue weighted by Crippen LogP contribution is 2.13. The third-order valence-electron chi connectivity index (χ3n) is 3.23. The zero-order valence-electron chi connectivity index (χ0n) is 12.1. The predicted molar refractivity (Wildman–Crippen MR) is 88.2 cm³/mol. The summed E-state index contributed by atoms with van der Waals surface area (Å²) < 4.78 is 0. The first-order valence-corrected chi connectivity index (χ1v) is 7.23. The molecule has 1 unspecified atom stereocenters. The highest BCUT2D eigenvalue weighted by Gasteiger charge is 2.06. The molecule has 21 heavy (non-hydrogen) atoms. The van der Waals surface area contributed by atoms with Gasteiger partial charge >= 0.3 is 0 Å². The molecule has 108 valence electrons. The fourth-order valence-electron chi connectivity index (χ4n) is 1.95. The van der Waals surface area contributed by atoms with Crippen molar-refractivity contribution >= 4 is 23.6 Å². The minimum atomic E-state index is -0.113. The molecule has 1 atom stereocenters. The Bertz CT molecular complexity index is 629. The van der Waals surface area contributed by atoms with Crippen LogP contribution in [-0.2, 0) is 4.79 Å². The van der Waals surface area contributed by atoms with Gasteiger partial charge in [0.25, 0.3) is 0 Å². The topological polar surface area (TPSA) is 29.1 Å². The molecule has 0 aliphatic rings. The first kappa shape index (κ1) is 15.3. The maximum absolute atomic E-state index is 11.9. The van der Waals surface area contributed by atoms with Crippen LogP contribution in [-0.4, -0.2) is 5.91 Å². The molecule has 2 nitrogen and oxygen atoms in total. The normalized spacial score (nSPS) is 12.3. The van der Waals surface area contributed by atoms with Gasteiger partial charge in [-0.05, 0) is 43.2 Å². The molecule has 1 N–H and O–H groups in total. The number of carbonyl (C=O) groups is 1. The van der Waals surface area contributed by atoms with Gasteiger partial charge in [0.15, 0.2) is 0 Å². The molecule has 3 heteroatoms. The fraction of sp³-hybridized carbons (Fsp3) is 0.167. The first-order valence-electron chi connectivity index (χ1n) is 6.85. The quantitative estimate of drug-likeness (QED) is 0.825. The second-order valence-electron chi connectivity index (χ2n) is 5.03. The molecule has 2 aromatic rings. The molecule has 0 saturated carbocycles. The van der Waals surface area contributed by atoms with E-state index in [1.54, 1.807) is 18.2 Å². The lowest BCUT2D eigenvalue weighted by Gasteiger charge is -2.13. The van der Waals surface area contributed by atoms with E-state index in [0.717, 1.165) is 11.1 Å². The van der Waals surface area contributed by atoms with Crippen LogP contribution >= 0.6 is 11.6 Å². The Balaban J connectivity index is 1.94. The molecule has 0 radical (unpaired) electrons. The van der Waals surface area contributed by atoms with E-state index in [1.807, 2.05) is 50.2 Å². The molecule has 0 aliphatic heterocycles. The summed E-state index contributed by atoms with van der Waals surface area (Å²) in [5.41, 5.74) is 3.24. The molecule has 0 heterocycles. The summed E-state index contributed by atoms with van der Waals surface area (Å²) in [5.74, 6) is -0.113. The van der Waals surface area contributed by atoms with Crippen molar-refractivity contribution in [2.24, 2.45) is 0 Å². The van der Waals surface area contributed by atoms with Crippen LogP contribution in [0.15, 0.2) is 54.6 Å². The van der Waals surface area contributed by atoms with Gasteiger partial charge in [-0.2, -0.15) is 0 Å². The maximum Gasteiger partial charge on any atom is 0.244 e. The summed E-state index contributed by atoms with van der Waals surface area (Å²) in [4.78, 5) is 11.9. The van der Waals surface area contributed by atoms with E-state index in [9.17, 15) is 4.79 Å². The SMILES string of the molecule is Cc1ccc(C(C)NC(=O)/C=C/c2ccc(Cl)cc2)cc1. The van der Waals surface area contributed by atoms with Crippen LogP contribution in [0.3, 0.4) is 0 Å². The van der Waals surface area contributed by atoms with E-state index in [1.165, 1.54) is 11.6 Å². The van der Waals surface area contributed by atoms with E-state index in [-0.39, 0.29) is 11.9 Å². The van der Waals surface area contributed by atoms with Crippen LogP contribution < -0.4 is 5.32 Å². The van der Waals surface area contributed by atoms with Gasteiger partial charge in [-0.25, -0.2) is 0 Å². The predicted octanol–water partition coefficient (Wildman–Crippen LogP) is 4.54. The number of aryl methyl sites for hydroxylation is 1. The molecule has 0 spiro atoms. The fourth-order valence-corrected chi connectivity index (χ4v) is 2.07. The van der Waals surface area contributed by atoms with Crippen LogP contribution in [0.2, 0.25) is 5.02 Å². The largest absolute Gasteiger partial charge is 0.346 e. The molecule has 0 aromatic heterocycles. The number of benzene rings is 2. The summed E-state index contributed by atoms with van der Waals surface area (Å²) >= 11 is 5.82. The molecule has 0 saturated heterocycles. The minimum Gasteiger partial charge on any atom is -0.346 e. The average molecular weight is 300 g/mol. The molecule has 0 aliphatic carbocycles. The smallest absolute Gasteiger partial charge is 0.244 e. The summed E-state index contributed by atoms with van der Waals surface area (Å²) in [5, 5.41) is 3.63. The zero-order valence-corrected chi connectivity index (χ0v) is 12.9. The maximum atomic E-state index is 11.9. The van der Waals surface area contributed by atoms with Crippen molar-refractivity contribution in [1.29, 1.82) is 0 Å². The molecular formula is C18H18ClNO. The monoisotopic (exact) mass is 299 g/mol. The van der Waals surface area contributed by atoms with E-state index in [0.29, 0.717) is 5.02 Å². The summed E-state index contributed by atoms with van der Waals surface area (Å²) in [6, 6.07) is 15.5. The lowest BCUT2D eigenvalue weighted by molar-refractivity contribution is -0.117. The van der Waals surface area contributed by atoms with Gasteiger partial charge in [0.2, 0.25) is 5.91 Å². The van der Waals surface area contributed by atoms with Crippen molar-refractivity contribution in [3.63, 3.8) is 0 Å². The Morgan fingerprint density at radius 1 is 1.10 bits per heavy atom. The van der Waals surface area contributed by atoms with Gasteiger partial charge in [0.1, 0.15) is 0 Å². The van der Waals surface area contributed by atoms with Crippen LogP contribution in [0.1, 0.15) is 29.7 Å². The third-order valence-corrected chi connectivity index (χ3v) is 3.49. The van der Waals surface area contributed by atoms with Gasteiger partial charge in [0.05, 0.1) is 6.04 Å².